The number of aryl methyl sites for hydroxylation is 1. The molecule has 5 heteroatoms. The van der Waals surface area contributed by atoms with Crippen molar-refractivity contribution in [1.29, 1.82) is 0 Å². The fraction of sp³-hybridized carbons (Fsp3) is 0.143. The molecule has 3 nitrogen and oxygen atoms in total. The van der Waals surface area contributed by atoms with Crippen molar-refractivity contribution in [3.8, 4) is 11.4 Å². The minimum Gasteiger partial charge on any atom is -0.312 e. The SMILES string of the molecule is C=C/C=N\c1c(C)nc(-c2ccc(F)c(F)c2)n1C. The second-order valence-corrected chi connectivity index (χ2v) is 4.05. The molecule has 0 N–H and O–H groups in total. The standard InChI is InChI=1S/C14H13F2N3/c1-4-7-17-13-9(2)18-14(19(13)3)10-5-6-11(15)12(16)8-10/h4-8H,1H2,2-3H3/b17-7-. The molecular formula is C14H13F2N3. The van der Waals surface area contributed by atoms with Crippen LogP contribution in [0.5, 0.6) is 0 Å². The van der Waals surface area contributed by atoms with Crippen LogP contribution < -0.4 is 0 Å². The minimum absolute atomic E-state index is 0.504. The predicted molar refractivity (Wildman–Crippen MR) is 71.6 cm³/mol. The zero-order chi connectivity index (χ0) is 14.0. The maximum atomic E-state index is 13.3. The Kier molecular flexibility index (Phi) is 3.55. The van der Waals surface area contributed by atoms with E-state index in [1.54, 1.807) is 30.8 Å². The Bertz CT molecular complexity index is 657. The average molecular weight is 261 g/mol. The van der Waals surface area contributed by atoms with Gasteiger partial charge in [0.15, 0.2) is 17.5 Å². The highest BCUT2D eigenvalue weighted by atomic mass is 19.2. The van der Waals surface area contributed by atoms with Gasteiger partial charge in [-0.3, -0.25) is 0 Å². The van der Waals surface area contributed by atoms with Crippen molar-refractivity contribution in [1.82, 2.24) is 9.55 Å². The number of imidazole rings is 1. The van der Waals surface area contributed by atoms with Gasteiger partial charge in [0.2, 0.25) is 0 Å². The van der Waals surface area contributed by atoms with Crippen molar-refractivity contribution in [3.63, 3.8) is 0 Å². The van der Waals surface area contributed by atoms with E-state index in [9.17, 15) is 8.78 Å². The van der Waals surface area contributed by atoms with Gasteiger partial charge in [-0.2, -0.15) is 0 Å². The second kappa shape index (κ2) is 5.14. The van der Waals surface area contributed by atoms with E-state index in [2.05, 4.69) is 16.6 Å². The number of aromatic nitrogens is 2. The molecular weight excluding hydrogens is 248 g/mol. The van der Waals surface area contributed by atoms with Crippen LogP contribution in [-0.2, 0) is 7.05 Å². The molecule has 98 valence electrons. The van der Waals surface area contributed by atoms with Crippen molar-refractivity contribution in [2.45, 2.75) is 6.92 Å². The molecule has 0 amide bonds. The Hall–Kier alpha value is -2.30. The molecule has 1 heterocycles. The maximum absolute atomic E-state index is 13.3. The normalized spacial score (nSPS) is 11.2. The summed E-state index contributed by atoms with van der Waals surface area (Å²) in [6, 6.07) is 3.70. The first-order chi connectivity index (χ1) is 9.04. The van der Waals surface area contributed by atoms with Crippen LogP contribution in [0.15, 0.2) is 35.8 Å². The first-order valence-corrected chi connectivity index (χ1v) is 5.68. The molecule has 0 radical (unpaired) electrons. The molecule has 2 aromatic rings. The summed E-state index contributed by atoms with van der Waals surface area (Å²) in [4.78, 5) is 8.53. The number of hydrogen-bond acceptors (Lipinski definition) is 2. The molecule has 0 atom stereocenters. The second-order valence-electron chi connectivity index (χ2n) is 4.05. The molecule has 0 aliphatic heterocycles. The minimum atomic E-state index is -0.894. The quantitative estimate of drug-likeness (QED) is 0.777. The fourth-order valence-electron chi connectivity index (χ4n) is 1.82. The zero-order valence-electron chi connectivity index (χ0n) is 10.7. The monoisotopic (exact) mass is 261 g/mol. The summed E-state index contributed by atoms with van der Waals surface area (Å²) < 4.78 is 27.9. The molecule has 0 unspecified atom stereocenters. The highest BCUT2D eigenvalue weighted by Gasteiger charge is 2.13. The van der Waals surface area contributed by atoms with Gasteiger partial charge in [-0.1, -0.05) is 12.7 Å². The van der Waals surface area contributed by atoms with Gasteiger partial charge in [0.25, 0.3) is 0 Å². The lowest BCUT2D eigenvalue weighted by molar-refractivity contribution is 0.509. The summed E-state index contributed by atoms with van der Waals surface area (Å²) in [5.41, 5.74) is 1.21. The maximum Gasteiger partial charge on any atom is 0.159 e. The van der Waals surface area contributed by atoms with Gasteiger partial charge in [0.1, 0.15) is 5.82 Å². The lowest BCUT2D eigenvalue weighted by Gasteiger charge is -2.03. The Morgan fingerprint density at radius 2 is 2.05 bits per heavy atom. The van der Waals surface area contributed by atoms with Crippen molar-refractivity contribution >= 4 is 12.0 Å². The van der Waals surface area contributed by atoms with Crippen LogP contribution in [0.1, 0.15) is 5.69 Å². The van der Waals surface area contributed by atoms with Crippen LogP contribution in [0.4, 0.5) is 14.6 Å². The van der Waals surface area contributed by atoms with E-state index in [-0.39, 0.29) is 0 Å². The van der Waals surface area contributed by atoms with Crippen molar-refractivity contribution in [3.05, 3.63) is 48.2 Å². The number of nitrogens with zero attached hydrogens (tertiary/aromatic N) is 3. The summed E-state index contributed by atoms with van der Waals surface area (Å²) in [7, 11) is 1.77. The Morgan fingerprint density at radius 1 is 1.32 bits per heavy atom. The van der Waals surface area contributed by atoms with Crippen LogP contribution >= 0.6 is 0 Å². The Morgan fingerprint density at radius 3 is 2.68 bits per heavy atom. The summed E-state index contributed by atoms with van der Waals surface area (Å²) in [6.45, 7) is 5.36. The van der Waals surface area contributed by atoms with Crippen LogP contribution in [0.2, 0.25) is 0 Å². The average Bonchev–Trinajstić information content (AvgIpc) is 2.66. The van der Waals surface area contributed by atoms with Gasteiger partial charge in [-0.15, -0.1) is 0 Å². The van der Waals surface area contributed by atoms with E-state index in [4.69, 9.17) is 0 Å². The third-order valence-electron chi connectivity index (χ3n) is 2.71. The number of halogens is 2. The number of allylic oxidation sites excluding steroid dienone is 1. The van der Waals surface area contributed by atoms with E-state index in [0.29, 0.717) is 22.9 Å². The molecule has 0 aliphatic carbocycles. The van der Waals surface area contributed by atoms with Crippen LogP contribution in [-0.4, -0.2) is 15.8 Å². The number of hydrogen-bond donors (Lipinski definition) is 0. The third kappa shape index (κ3) is 2.45. The highest BCUT2D eigenvalue weighted by Crippen LogP contribution is 2.27. The van der Waals surface area contributed by atoms with Gasteiger partial charge < -0.3 is 4.57 Å². The molecule has 0 bridgehead atoms. The fourth-order valence-corrected chi connectivity index (χ4v) is 1.82. The summed E-state index contributed by atoms with van der Waals surface area (Å²) in [6.07, 6.45) is 3.11. The van der Waals surface area contributed by atoms with Gasteiger partial charge in [0.05, 0.1) is 5.69 Å². The number of rotatable bonds is 3. The first kappa shape index (κ1) is 13.1. The highest BCUT2D eigenvalue weighted by molar-refractivity contribution is 5.74. The zero-order valence-corrected chi connectivity index (χ0v) is 10.7. The molecule has 19 heavy (non-hydrogen) atoms. The number of aliphatic imine (C=N–C) groups is 1. The predicted octanol–water partition coefficient (Wildman–Crippen LogP) is 3.56. The molecule has 0 fully saturated rings. The third-order valence-corrected chi connectivity index (χ3v) is 2.71. The van der Waals surface area contributed by atoms with Gasteiger partial charge in [0, 0.05) is 18.8 Å². The van der Waals surface area contributed by atoms with Crippen molar-refractivity contribution in [2.75, 3.05) is 0 Å². The summed E-state index contributed by atoms with van der Waals surface area (Å²) >= 11 is 0. The molecule has 0 saturated carbocycles. The molecule has 0 saturated heterocycles. The number of benzene rings is 1. The lowest BCUT2D eigenvalue weighted by Crippen LogP contribution is -1.94. The van der Waals surface area contributed by atoms with Gasteiger partial charge in [-0.25, -0.2) is 18.8 Å². The molecule has 1 aromatic carbocycles. The van der Waals surface area contributed by atoms with E-state index < -0.39 is 11.6 Å². The van der Waals surface area contributed by atoms with E-state index >= 15 is 0 Å². The Balaban J connectivity index is 2.54. The summed E-state index contributed by atoms with van der Waals surface area (Å²) in [5, 5.41) is 0. The van der Waals surface area contributed by atoms with Gasteiger partial charge in [-0.05, 0) is 25.1 Å². The van der Waals surface area contributed by atoms with Gasteiger partial charge >= 0.3 is 0 Å². The first-order valence-electron chi connectivity index (χ1n) is 5.68. The van der Waals surface area contributed by atoms with Crippen LogP contribution in [0.25, 0.3) is 11.4 Å². The topological polar surface area (TPSA) is 30.2 Å². The summed E-state index contributed by atoms with van der Waals surface area (Å²) in [5.74, 6) is -0.582. The van der Waals surface area contributed by atoms with Crippen molar-refractivity contribution in [2.24, 2.45) is 12.0 Å². The molecule has 1 aromatic heterocycles. The molecule has 0 aliphatic rings. The largest absolute Gasteiger partial charge is 0.312 e. The van der Waals surface area contributed by atoms with Crippen LogP contribution in [0.3, 0.4) is 0 Å². The lowest BCUT2D eigenvalue weighted by atomic mass is 10.2. The van der Waals surface area contributed by atoms with E-state index in [0.717, 1.165) is 12.1 Å². The van der Waals surface area contributed by atoms with E-state index in [1.807, 2.05) is 0 Å². The molecule has 2 rings (SSSR count). The Labute approximate surface area is 109 Å². The smallest absolute Gasteiger partial charge is 0.159 e. The van der Waals surface area contributed by atoms with E-state index in [1.165, 1.54) is 6.07 Å². The van der Waals surface area contributed by atoms with Crippen molar-refractivity contribution < 1.29 is 8.78 Å². The van der Waals surface area contributed by atoms with Crippen LogP contribution in [0, 0.1) is 18.6 Å². The molecule has 0 spiro atoms.